The Morgan fingerprint density at radius 2 is 1.79 bits per heavy atom. The highest BCUT2D eigenvalue weighted by Gasteiger charge is 2.22. The van der Waals surface area contributed by atoms with Gasteiger partial charge in [-0.1, -0.05) is 36.4 Å². The van der Waals surface area contributed by atoms with Crippen molar-refractivity contribution in [1.82, 2.24) is 5.32 Å². The van der Waals surface area contributed by atoms with Gasteiger partial charge in [0.25, 0.3) is 5.91 Å². The topological polar surface area (TPSA) is 58.6 Å². The number of esters is 1. The quantitative estimate of drug-likeness (QED) is 0.827. The zero-order chi connectivity index (χ0) is 17.5. The van der Waals surface area contributed by atoms with E-state index >= 15 is 0 Å². The minimum atomic E-state index is -0.729. The maximum absolute atomic E-state index is 12.5. The van der Waals surface area contributed by atoms with Crippen molar-refractivity contribution in [2.45, 2.75) is 12.5 Å². The lowest BCUT2D eigenvalue weighted by atomic mass is 10.1. The van der Waals surface area contributed by atoms with Gasteiger partial charge in [-0.05, 0) is 23.8 Å². The van der Waals surface area contributed by atoms with E-state index in [0.29, 0.717) is 12.0 Å². The van der Waals surface area contributed by atoms with E-state index in [-0.39, 0.29) is 5.91 Å². The van der Waals surface area contributed by atoms with Gasteiger partial charge in [-0.15, -0.1) is 0 Å². The molecule has 0 heterocycles. The van der Waals surface area contributed by atoms with Crippen LogP contribution in [0.15, 0.2) is 54.6 Å². The normalized spacial score (nSPS) is 11.5. The molecule has 0 aliphatic heterocycles. The molecule has 24 heavy (non-hydrogen) atoms. The molecule has 126 valence electrons. The second kappa shape index (κ2) is 8.15. The first-order valence-electron chi connectivity index (χ1n) is 7.71. The van der Waals surface area contributed by atoms with E-state index in [0.717, 1.165) is 11.3 Å². The fraction of sp³-hybridized carbons (Fsp3) is 0.263. The SMILES string of the molecule is COC(=O)C(Cc1ccccc1)NC(=O)c1cccc(N(C)C)c1. The van der Waals surface area contributed by atoms with Crippen LogP contribution in [0.1, 0.15) is 15.9 Å². The van der Waals surface area contributed by atoms with Crippen molar-refractivity contribution in [1.29, 1.82) is 0 Å². The zero-order valence-corrected chi connectivity index (χ0v) is 14.2. The van der Waals surface area contributed by atoms with E-state index < -0.39 is 12.0 Å². The van der Waals surface area contributed by atoms with Crippen molar-refractivity contribution >= 4 is 17.6 Å². The summed E-state index contributed by atoms with van der Waals surface area (Å²) in [4.78, 5) is 26.4. The van der Waals surface area contributed by atoms with E-state index in [1.807, 2.05) is 61.5 Å². The Morgan fingerprint density at radius 3 is 2.42 bits per heavy atom. The van der Waals surface area contributed by atoms with Crippen molar-refractivity contribution < 1.29 is 14.3 Å². The molecule has 0 fully saturated rings. The Bertz CT molecular complexity index is 699. The third-order valence-electron chi connectivity index (χ3n) is 3.70. The average Bonchev–Trinajstić information content (AvgIpc) is 2.61. The van der Waals surface area contributed by atoms with Gasteiger partial charge >= 0.3 is 5.97 Å². The van der Waals surface area contributed by atoms with Crippen molar-refractivity contribution in [3.8, 4) is 0 Å². The molecule has 1 atom stereocenters. The molecule has 1 unspecified atom stereocenters. The molecule has 0 saturated carbocycles. The van der Waals surface area contributed by atoms with Crippen LogP contribution in [0.4, 0.5) is 5.69 Å². The van der Waals surface area contributed by atoms with Crippen LogP contribution in [0.2, 0.25) is 0 Å². The summed E-state index contributed by atoms with van der Waals surface area (Å²) < 4.78 is 4.82. The summed E-state index contributed by atoms with van der Waals surface area (Å²) in [5, 5.41) is 2.77. The number of hydrogen-bond donors (Lipinski definition) is 1. The fourth-order valence-electron chi connectivity index (χ4n) is 2.35. The Balaban J connectivity index is 2.15. The van der Waals surface area contributed by atoms with Gasteiger partial charge in [-0.25, -0.2) is 4.79 Å². The molecule has 1 N–H and O–H groups in total. The summed E-state index contributed by atoms with van der Waals surface area (Å²) in [5.41, 5.74) is 2.37. The van der Waals surface area contributed by atoms with Crippen LogP contribution in [-0.4, -0.2) is 39.1 Å². The molecule has 5 nitrogen and oxygen atoms in total. The number of nitrogens with zero attached hydrogens (tertiary/aromatic N) is 1. The average molecular weight is 326 g/mol. The standard InChI is InChI=1S/C19H22N2O3/c1-21(2)16-11-7-10-15(13-16)18(22)20-17(19(23)24-3)12-14-8-5-4-6-9-14/h4-11,13,17H,12H2,1-3H3,(H,20,22). The molecule has 1 amide bonds. The molecule has 0 spiro atoms. The Kier molecular flexibility index (Phi) is 5.95. The van der Waals surface area contributed by atoms with Crippen molar-refractivity contribution in [2.75, 3.05) is 26.1 Å². The second-order valence-corrected chi connectivity index (χ2v) is 5.68. The maximum atomic E-state index is 12.5. The smallest absolute Gasteiger partial charge is 0.328 e. The molecular weight excluding hydrogens is 304 g/mol. The highest BCUT2D eigenvalue weighted by Crippen LogP contribution is 2.14. The third-order valence-corrected chi connectivity index (χ3v) is 3.70. The highest BCUT2D eigenvalue weighted by molar-refractivity contribution is 5.97. The van der Waals surface area contributed by atoms with Gasteiger partial charge in [0.1, 0.15) is 6.04 Å². The number of benzene rings is 2. The van der Waals surface area contributed by atoms with E-state index in [1.165, 1.54) is 7.11 Å². The third kappa shape index (κ3) is 4.59. The van der Waals surface area contributed by atoms with Crippen LogP contribution in [0, 0.1) is 0 Å². The number of anilines is 1. The minimum absolute atomic E-state index is 0.301. The molecule has 0 aliphatic carbocycles. The Labute approximate surface area is 142 Å². The van der Waals surface area contributed by atoms with Crippen LogP contribution in [0.5, 0.6) is 0 Å². The Morgan fingerprint density at radius 1 is 1.08 bits per heavy atom. The van der Waals surface area contributed by atoms with Gasteiger partial charge in [-0.2, -0.15) is 0 Å². The van der Waals surface area contributed by atoms with Gasteiger partial charge in [-0.3, -0.25) is 4.79 Å². The van der Waals surface area contributed by atoms with Gasteiger partial charge in [0.2, 0.25) is 0 Å². The van der Waals surface area contributed by atoms with E-state index in [1.54, 1.807) is 12.1 Å². The number of ether oxygens (including phenoxy) is 1. The molecule has 0 bridgehead atoms. The fourth-order valence-corrected chi connectivity index (χ4v) is 2.35. The molecule has 5 heteroatoms. The molecule has 2 aromatic rings. The molecule has 0 radical (unpaired) electrons. The largest absolute Gasteiger partial charge is 0.467 e. The predicted octanol–water partition coefficient (Wildman–Crippen LogP) is 2.27. The van der Waals surface area contributed by atoms with Crippen LogP contribution >= 0.6 is 0 Å². The number of nitrogens with one attached hydrogen (secondary N) is 1. The van der Waals surface area contributed by atoms with E-state index in [4.69, 9.17) is 4.74 Å². The van der Waals surface area contributed by atoms with E-state index in [9.17, 15) is 9.59 Å². The van der Waals surface area contributed by atoms with Gasteiger partial charge in [0, 0.05) is 31.8 Å². The van der Waals surface area contributed by atoms with Crippen LogP contribution in [0.25, 0.3) is 0 Å². The van der Waals surface area contributed by atoms with Crippen LogP contribution in [0.3, 0.4) is 0 Å². The number of carbonyl (C=O) groups excluding carboxylic acids is 2. The summed E-state index contributed by atoms with van der Waals surface area (Å²) in [6, 6.07) is 16.0. The summed E-state index contributed by atoms with van der Waals surface area (Å²) in [5.74, 6) is -0.763. The highest BCUT2D eigenvalue weighted by atomic mass is 16.5. The first-order chi connectivity index (χ1) is 11.5. The van der Waals surface area contributed by atoms with Crippen LogP contribution < -0.4 is 10.2 Å². The second-order valence-electron chi connectivity index (χ2n) is 5.68. The summed E-state index contributed by atoms with van der Waals surface area (Å²) in [7, 11) is 5.13. The first kappa shape index (κ1) is 17.5. The molecule has 2 aromatic carbocycles. The predicted molar refractivity (Wildman–Crippen MR) is 94.2 cm³/mol. The van der Waals surface area contributed by atoms with Gasteiger partial charge in [0.15, 0.2) is 0 Å². The summed E-state index contributed by atoms with van der Waals surface area (Å²) >= 11 is 0. The lowest BCUT2D eigenvalue weighted by molar-refractivity contribution is -0.142. The molecular formula is C19H22N2O3. The number of carbonyl (C=O) groups is 2. The lowest BCUT2D eigenvalue weighted by Gasteiger charge is -2.18. The van der Waals surface area contributed by atoms with Crippen LogP contribution in [-0.2, 0) is 16.0 Å². The first-order valence-corrected chi connectivity index (χ1v) is 7.71. The lowest BCUT2D eigenvalue weighted by Crippen LogP contribution is -2.43. The maximum Gasteiger partial charge on any atom is 0.328 e. The number of rotatable bonds is 6. The van der Waals surface area contributed by atoms with Crippen molar-refractivity contribution in [3.63, 3.8) is 0 Å². The summed E-state index contributed by atoms with van der Waals surface area (Å²) in [6.07, 6.45) is 0.382. The summed E-state index contributed by atoms with van der Waals surface area (Å²) in [6.45, 7) is 0. The number of hydrogen-bond acceptors (Lipinski definition) is 4. The molecule has 0 aliphatic rings. The Hall–Kier alpha value is -2.82. The van der Waals surface area contributed by atoms with Gasteiger partial charge in [0.05, 0.1) is 7.11 Å². The number of amides is 1. The van der Waals surface area contributed by atoms with Gasteiger partial charge < -0.3 is 15.0 Å². The van der Waals surface area contributed by atoms with E-state index in [2.05, 4.69) is 5.32 Å². The van der Waals surface area contributed by atoms with Crippen molar-refractivity contribution in [2.24, 2.45) is 0 Å². The molecule has 0 saturated heterocycles. The number of methoxy groups -OCH3 is 1. The monoisotopic (exact) mass is 326 g/mol. The zero-order valence-electron chi connectivity index (χ0n) is 14.2. The minimum Gasteiger partial charge on any atom is -0.467 e. The molecule has 2 rings (SSSR count). The van der Waals surface area contributed by atoms with Crippen molar-refractivity contribution in [3.05, 3.63) is 65.7 Å². The molecule has 0 aromatic heterocycles.